The van der Waals surface area contributed by atoms with E-state index in [0.717, 1.165) is 19.3 Å². The number of halogens is 2. The summed E-state index contributed by atoms with van der Waals surface area (Å²) in [6.07, 6.45) is 4.63. The van der Waals surface area contributed by atoms with E-state index in [1.54, 1.807) is 0 Å². The first-order valence-electron chi connectivity index (χ1n) is 6.31. The maximum absolute atomic E-state index is 13.1. The van der Waals surface area contributed by atoms with Crippen molar-refractivity contribution in [3.8, 4) is 0 Å². The van der Waals surface area contributed by atoms with Crippen LogP contribution in [0.5, 0.6) is 0 Å². The van der Waals surface area contributed by atoms with Gasteiger partial charge in [-0.2, -0.15) is 0 Å². The average Bonchev–Trinajstić information content (AvgIpc) is 2.85. The minimum Gasteiger partial charge on any atom is -0.375 e. The Kier molecular flexibility index (Phi) is 2.31. The summed E-state index contributed by atoms with van der Waals surface area (Å²) in [6.45, 7) is 0. The standard InChI is InChI=1S/C12H19F2NO/c13-12(14)5-3-11(15,4-6-12)9-7-8-1-2-10(9)16-8/h8-10H,1-7,15H2. The molecule has 3 unspecified atom stereocenters. The van der Waals surface area contributed by atoms with Crippen molar-refractivity contribution in [2.75, 3.05) is 0 Å². The van der Waals surface area contributed by atoms with E-state index in [-0.39, 0.29) is 24.5 Å². The van der Waals surface area contributed by atoms with Crippen LogP contribution >= 0.6 is 0 Å². The van der Waals surface area contributed by atoms with Gasteiger partial charge in [-0.15, -0.1) is 0 Å². The normalized spacial score (nSPS) is 44.8. The third kappa shape index (κ3) is 1.66. The topological polar surface area (TPSA) is 35.2 Å². The predicted octanol–water partition coefficient (Wildman–Crippen LogP) is 2.46. The molecular formula is C12H19F2NO. The molecule has 3 atom stereocenters. The number of ether oxygens (including phenoxy) is 1. The van der Waals surface area contributed by atoms with E-state index >= 15 is 0 Å². The van der Waals surface area contributed by atoms with Crippen molar-refractivity contribution in [1.82, 2.24) is 0 Å². The van der Waals surface area contributed by atoms with Crippen molar-refractivity contribution >= 4 is 0 Å². The fourth-order valence-corrected chi connectivity index (χ4v) is 3.69. The third-order valence-electron chi connectivity index (χ3n) is 4.76. The van der Waals surface area contributed by atoms with E-state index < -0.39 is 5.92 Å². The summed E-state index contributed by atoms with van der Waals surface area (Å²) in [4.78, 5) is 0. The monoisotopic (exact) mass is 231 g/mol. The molecule has 3 aliphatic rings. The Morgan fingerprint density at radius 1 is 1.06 bits per heavy atom. The molecule has 0 aromatic rings. The van der Waals surface area contributed by atoms with E-state index in [2.05, 4.69) is 0 Å². The van der Waals surface area contributed by atoms with Crippen LogP contribution in [0.4, 0.5) is 8.78 Å². The Morgan fingerprint density at radius 2 is 1.75 bits per heavy atom. The maximum atomic E-state index is 13.1. The summed E-state index contributed by atoms with van der Waals surface area (Å²) in [5, 5.41) is 0. The van der Waals surface area contributed by atoms with Gasteiger partial charge in [0, 0.05) is 24.3 Å². The van der Waals surface area contributed by atoms with Crippen LogP contribution in [0.1, 0.15) is 44.9 Å². The van der Waals surface area contributed by atoms with Gasteiger partial charge >= 0.3 is 0 Å². The molecule has 0 amide bonds. The molecule has 2 heterocycles. The number of fused-ring (bicyclic) bond motifs is 2. The first-order chi connectivity index (χ1) is 7.49. The van der Waals surface area contributed by atoms with Gasteiger partial charge in [0.1, 0.15) is 0 Å². The summed E-state index contributed by atoms with van der Waals surface area (Å²) in [5.74, 6) is -2.16. The molecule has 16 heavy (non-hydrogen) atoms. The van der Waals surface area contributed by atoms with Crippen molar-refractivity contribution in [2.24, 2.45) is 11.7 Å². The molecule has 2 saturated heterocycles. The summed E-state index contributed by atoms with van der Waals surface area (Å²) in [7, 11) is 0. The maximum Gasteiger partial charge on any atom is 0.248 e. The first-order valence-corrected chi connectivity index (χ1v) is 6.31. The van der Waals surface area contributed by atoms with Crippen LogP contribution < -0.4 is 5.73 Å². The molecule has 3 fully saturated rings. The zero-order valence-electron chi connectivity index (χ0n) is 9.42. The lowest BCUT2D eigenvalue weighted by atomic mass is 9.67. The van der Waals surface area contributed by atoms with Crippen molar-refractivity contribution in [3.05, 3.63) is 0 Å². The summed E-state index contributed by atoms with van der Waals surface area (Å²) in [6, 6.07) is 0. The lowest BCUT2D eigenvalue weighted by Crippen LogP contribution is -2.54. The molecule has 2 nitrogen and oxygen atoms in total. The van der Waals surface area contributed by atoms with Gasteiger partial charge < -0.3 is 10.5 Å². The van der Waals surface area contributed by atoms with Gasteiger partial charge in [0.05, 0.1) is 12.2 Å². The van der Waals surface area contributed by atoms with E-state index in [0.29, 0.717) is 24.9 Å². The van der Waals surface area contributed by atoms with Gasteiger partial charge in [0.15, 0.2) is 0 Å². The molecular weight excluding hydrogens is 212 g/mol. The van der Waals surface area contributed by atoms with Crippen LogP contribution in [-0.2, 0) is 4.74 Å². The summed E-state index contributed by atoms with van der Waals surface area (Å²) < 4.78 is 32.1. The predicted molar refractivity (Wildman–Crippen MR) is 56.3 cm³/mol. The second kappa shape index (κ2) is 3.39. The SMILES string of the molecule is NC1(C2CC3CCC2O3)CCC(F)(F)CC1. The van der Waals surface area contributed by atoms with Crippen LogP contribution in [-0.4, -0.2) is 23.7 Å². The van der Waals surface area contributed by atoms with Gasteiger partial charge in [-0.25, -0.2) is 8.78 Å². The first kappa shape index (κ1) is 10.9. The van der Waals surface area contributed by atoms with Crippen molar-refractivity contribution in [1.29, 1.82) is 0 Å². The number of alkyl halides is 2. The minimum atomic E-state index is -2.48. The zero-order chi connectivity index (χ0) is 11.4. The Morgan fingerprint density at radius 3 is 2.25 bits per heavy atom. The van der Waals surface area contributed by atoms with Gasteiger partial charge in [-0.3, -0.25) is 0 Å². The molecule has 0 radical (unpaired) electrons. The molecule has 2 bridgehead atoms. The van der Waals surface area contributed by atoms with Gasteiger partial charge in [0.2, 0.25) is 5.92 Å². The molecule has 4 heteroatoms. The average molecular weight is 231 g/mol. The summed E-state index contributed by atoms with van der Waals surface area (Å²) in [5.41, 5.74) is 5.97. The molecule has 3 rings (SSSR count). The highest BCUT2D eigenvalue weighted by Gasteiger charge is 2.53. The Bertz CT molecular complexity index is 285. The lowest BCUT2D eigenvalue weighted by Gasteiger charge is -2.43. The fraction of sp³-hybridized carbons (Fsp3) is 1.00. The quantitative estimate of drug-likeness (QED) is 0.752. The second-order valence-corrected chi connectivity index (χ2v) is 5.81. The largest absolute Gasteiger partial charge is 0.375 e. The molecule has 92 valence electrons. The third-order valence-corrected chi connectivity index (χ3v) is 4.76. The molecule has 2 aliphatic heterocycles. The van der Waals surface area contributed by atoms with E-state index in [9.17, 15) is 8.78 Å². The van der Waals surface area contributed by atoms with E-state index in [1.807, 2.05) is 0 Å². The highest BCUT2D eigenvalue weighted by molar-refractivity contribution is 5.05. The molecule has 1 saturated carbocycles. The van der Waals surface area contributed by atoms with Gasteiger partial charge in [-0.1, -0.05) is 0 Å². The number of nitrogens with two attached hydrogens (primary N) is 1. The smallest absolute Gasteiger partial charge is 0.248 e. The van der Waals surface area contributed by atoms with Crippen molar-refractivity contribution in [3.63, 3.8) is 0 Å². The molecule has 0 aromatic heterocycles. The summed E-state index contributed by atoms with van der Waals surface area (Å²) >= 11 is 0. The Balaban J connectivity index is 1.70. The van der Waals surface area contributed by atoms with Crippen LogP contribution in [0, 0.1) is 5.92 Å². The highest BCUT2D eigenvalue weighted by atomic mass is 19.3. The zero-order valence-corrected chi connectivity index (χ0v) is 9.42. The second-order valence-electron chi connectivity index (χ2n) is 5.81. The molecule has 0 aromatic carbocycles. The van der Waals surface area contributed by atoms with E-state index in [4.69, 9.17) is 10.5 Å². The highest BCUT2D eigenvalue weighted by Crippen LogP contribution is 2.49. The Labute approximate surface area is 94.5 Å². The van der Waals surface area contributed by atoms with Crippen molar-refractivity contribution in [2.45, 2.75) is 68.6 Å². The minimum absolute atomic E-state index is 0.0443. The number of hydrogen-bond donors (Lipinski definition) is 1. The van der Waals surface area contributed by atoms with Crippen LogP contribution in [0.2, 0.25) is 0 Å². The molecule has 2 N–H and O–H groups in total. The van der Waals surface area contributed by atoms with Crippen LogP contribution in [0.3, 0.4) is 0 Å². The Hall–Kier alpha value is -0.220. The molecule has 0 spiro atoms. The van der Waals surface area contributed by atoms with E-state index in [1.165, 1.54) is 0 Å². The fourth-order valence-electron chi connectivity index (χ4n) is 3.69. The van der Waals surface area contributed by atoms with Crippen molar-refractivity contribution < 1.29 is 13.5 Å². The number of hydrogen-bond acceptors (Lipinski definition) is 2. The van der Waals surface area contributed by atoms with Crippen LogP contribution in [0.25, 0.3) is 0 Å². The van der Waals surface area contributed by atoms with Gasteiger partial charge in [0.25, 0.3) is 0 Å². The van der Waals surface area contributed by atoms with Crippen LogP contribution in [0.15, 0.2) is 0 Å². The van der Waals surface area contributed by atoms with Gasteiger partial charge in [-0.05, 0) is 32.1 Å². The molecule has 1 aliphatic carbocycles. The lowest BCUT2D eigenvalue weighted by molar-refractivity contribution is -0.0634. The number of rotatable bonds is 1.